The first-order valence-corrected chi connectivity index (χ1v) is 10.1. The van der Waals surface area contributed by atoms with Gasteiger partial charge in [-0.25, -0.2) is 0 Å². The molecule has 1 atom stereocenters. The number of rotatable bonds is 10. The van der Waals surface area contributed by atoms with E-state index in [4.69, 9.17) is 0 Å². The van der Waals surface area contributed by atoms with Gasteiger partial charge in [0.1, 0.15) is 5.70 Å². The average molecular weight is 376 g/mol. The summed E-state index contributed by atoms with van der Waals surface area (Å²) >= 11 is 0. The summed E-state index contributed by atoms with van der Waals surface area (Å²) in [6, 6.07) is 7.31. The molecule has 0 saturated heterocycles. The van der Waals surface area contributed by atoms with Crippen molar-refractivity contribution in [2.75, 3.05) is 26.4 Å². The number of carbonyl (C=O) groups excluding carboxylic acids is 1. The number of amides is 1. The minimum absolute atomic E-state index is 0.275. The first kappa shape index (κ1) is 22.0. The summed E-state index contributed by atoms with van der Waals surface area (Å²) in [7, 11) is 1.06. The molecule has 0 fully saturated rings. The molecule has 142 valence electrons. The summed E-state index contributed by atoms with van der Waals surface area (Å²) in [4.78, 5) is 19.0. The molecule has 0 spiro atoms. The van der Waals surface area contributed by atoms with Gasteiger partial charge >= 0.3 is 0 Å². The summed E-state index contributed by atoms with van der Waals surface area (Å²) in [5, 5.41) is 2.81. The van der Waals surface area contributed by atoms with Crippen LogP contribution in [0.5, 0.6) is 0 Å². The van der Waals surface area contributed by atoms with Crippen LogP contribution < -0.4 is 5.32 Å². The standard InChI is InChI=1S/C20H29N3O2S/c1-16(2)15-23(4)13-7-6-8-19(21-3)20(24)22-14-17-9-11-18(12-10-17)26(5)25/h6-12,16H,3,13-15H2,1-2,4-5H3,(H,22,24)/b7-6-,19-8-. The number of nitrogens with one attached hydrogen (secondary N) is 1. The van der Waals surface area contributed by atoms with Crippen LogP contribution in [0.1, 0.15) is 19.4 Å². The van der Waals surface area contributed by atoms with Gasteiger partial charge in [-0.1, -0.05) is 38.1 Å². The quantitative estimate of drug-likeness (QED) is 0.389. The van der Waals surface area contributed by atoms with E-state index < -0.39 is 10.8 Å². The van der Waals surface area contributed by atoms with E-state index in [0.717, 1.165) is 23.5 Å². The topological polar surface area (TPSA) is 61.8 Å². The predicted octanol–water partition coefficient (Wildman–Crippen LogP) is 2.77. The Hall–Kier alpha value is -2.05. The van der Waals surface area contributed by atoms with E-state index in [9.17, 15) is 9.00 Å². The number of carbonyl (C=O) groups is 1. The van der Waals surface area contributed by atoms with Crippen LogP contribution in [0, 0.1) is 5.92 Å². The number of allylic oxidation sites excluding steroid dienone is 2. The molecule has 1 amide bonds. The Labute approximate surface area is 159 Å². The second-order valence-corrected chi connectivity index (χ2v) is 7.91. The molecule has 0 aliphatic carbocycles. The Balaban J connectivity index is 2.54. The third-order valence-electron chi connectivity index (χ3n) is 3.60. The molecule has 0 radical (unpaired) electrons. The number of likely N-dealkylation sites (N-methyl/N-ethyl adjacent to an activating group) is 1. The largest absolute Gasteiger partial charge is 0.347 e. The van der Waals surface area contributed by atoms with E-state index in [0.29, 0.717) is 12.5 Å². The molecule has 1 rings (SSSR count). The minimum Gasteiger partial charge on any atom is -0.347 e. The molecule has 0 bridgehead atoms. The summed E-state index contributed by atoms with van der Waals surface area (Å²) in [6.45, 7) is 10.0. The lowest BCUT2D eigenvalue weighted by Crippen LogP contribution is -2.24. The average Bonchev–Trinajstić information content (AvgIpc) is 2.59. The molecular weight excluding hydrogens is 346 g/mol. The monoisotopic (exact) mass is 375 g/mol. The van der Waals surface area contributed by atoms with Crippen LogP contribution >= 0.6 is 0 Å². The van der Waals surface area contributed by atoms with Gasteiger partial charge in [0, 0.05) is 41.6 Å². The Kier molecular flexibility index (Phi) is 9.76. The van der Waals surface area contributed by atoms with Crippen molar-refractivity contribution in [1.29, 1.82) is 0 Å². The van der Waals surface area contributed by atoms with E-state index in [2.05, 4.69) is 42.8 Å². The Morgan fingerprint density at radius 1 is 1.35 bits per heavy atom. The van der Waals surface area contributed by atoms with E-state index in [1.54, 1.807) is 24.5 Å². The molecule has 1 aromatic carbocycles. The molecule has 0 aliphatic rings. The van der Waals surface area contributed by atoms with Crippen LogP contribution in [0.15, 0.2) is 58.1 Å². The highest BCUT2D eigenvalue weighted by atomic mass is 32.2. The molecule has 1 aromatic rings. The lowest BCUT2D eigenvalue weighted by molar-refractivity contribution is -0.117. The van der Waals surface area contributed by atoms with Crippen LogP contribution in [0.2, 0.25) is 0 Å². The van der Waals surface area contributed by atoms with E-state index >= 15 is 0 Å². The highest BCUT2D eigenvalue weighted by molar-refractivity contribution is 7.84. The number of benzene rings is 1. The van der Waals surface area contributed by atoms with Crippen molar-refractivity contribution in [2.24, 2.45) is 10.9 Å². The van der Waals surface area contributed by atoms with Crippen LogP contribution in [0.4, 0.5) is 0 Å². The van der Waals surface area contributed by atoms with Crippen molar-refractivity contribution < 1.29 is 9.00 Å². The van der Waals surface area contributed by atoms with Gasteiger partial charge in [0.25, 0.3) is 5.91 Å². The first-order chi connectivity index (χ1) is 12.3. The lowest BCUT2D eigenvalue weighted by Gasteiger charge is -2.16. The minimum atomic E-state index is -1.00. The predicted molar refractivity (Wildman–Crippen MR) is 110 cm³/mol. The van der Waals surface area contributed by atoms with Crippen molar-refractivity contribution in [3.63, 3.8) is 0 Å². The summed E-state index contributed by atoms with van der Waals surface area (Å²) < 4.78 is 11.4. The van der Waals surface area contributed by atoms with Crippen molar-refractivity contribution >= 4 is 23.4 Å². The normalized spacial score (nSPS) is 13.4. The Bertz CT molecular complexity index is 679. The van der Waals surface area contributed by atoms with Gasteiger partial charge in [-0.3, -0.25) is 14.0 Å². The Morgan fingerprint density at radius 3 is 2.54 bits per heavy atom. The zero-order valence-corrected chi connectivity index (χ0v) is 16.9. The van der Waals surface area contributed by atoms with Gasteiger partial charge in [0.15, 0.2) is 0 Å². The molecule has 0 saturated carbocycles. The van der Waals surface area contributed by atoms with Crippen LogP contribution in [-0.2, 0) is 22.1 Å². The highest BCUT2D eigenvalue weighted by Gasteiger charge is 2.06. The maximum atomic E-state index is 12.2. The smallest absolute Gasteiger partial charge is 0.270 e. The van der Waals surface area contributed by atoms with Crippen molar-refractivity contribution in [2.45, 2.75) is 25.3 Å². The summed E-state index contributed by atoms with van der Waals surface area (Å²) in [6.07, 6.45) is 7.11. The number of nitrogens with zero attached hydrogens (tertiary/aromatic N) is 2. The molecule has 1 unspecified atom stereocenters. The summed E-state index contributed by atoms with van der Waals surface area (Å²) in [5.74, 6) is 0.342. The SMILES string of the molecule is C=N/C(=C\C=C/CN(C)CC(C)C)C(=O)NCc1ccc(S(C)=O)cc1. The van der Waals surface area contributed by atoms with Gasteiger partial charge in [-0.05, 0) is 43.5 Å². The third kappa shape index (κ3) is 8.36. The van der Waals surface area contributed by atoms with Crippen molar-refractivity contribution in [3.8, 4) is 0 Å². The number of hydrogen-bond donors (Lipinski definition) is 1. The van der Waals surface area contributed by atoms with E-state index in [-0.39, 0.29) is 11.6 Å². The molecule has 26 heavy (non-hydrogen) atoms. The summed E-state index contributed by atoms with van der Waals surface area (Å²) in [5.41, 5.74) is 1.21. The van der Waals surface area contributed by atoms with Gasteiger partial charge in [-0.15, -0.1) is 0 Å². The number of hydrogen-bond acceptors (Lipinski definition) is 4. The third-order valence-corrected chi connectivity index (χ3v) is 4.53. The maximum absolute atomic E-state index is 12.2. The fourth-order valence-electron chi connectivity index (χ4n) is 2.37. The Morgan fingerprint density at radius 2 is 2.00 bits per heavy atom. The van der Waals surface area contributed by atoms with Gasteiger partial charge in [-0.2, -0.15) is 0 Å². The molecule has 6 heteroatoms. The second-order valence-electron chi connectivity index (χ2n) is 6.53. The highest BCUT2D eigenvalue weighted by Crippen LogP contribution is 2.08. The van der Waals surface area contributed by atoms with Crippen molar-refractivity contribution in [3.05, 3.63) is 53.8 Å². The molecule has 1 N–H and O–H groups in total. The van der Waals surface area contributed by atoms with E-state index in [1.165, 1.54) is 0 Å². The fraction of sp³-hybridized carbons (Fsp3) is 0.400. The van der Waals surface area contributed by atoms with Gasteiger partial charge < -0.3 is 10.2 Å². The van der Waals surface area contributed by atoms with Crippen LogP contribution in [-0.4, -0.2) is 48.1 Å². The zero-order chi connectivity index (χ0) is 19.5. The molecular formula is C20H29N3O2S. The second kappa shape index (κ2) is 11.5. The first-order valence-electron chi connectivity index (χ1n) is 8.56. The molecule has 0 heterocycles. The van der Waals surface area contributed by atoms with Crippen LogP contribution in [0.25, 0.3) is 0 Å². The lowest BCUT2D eigenvalue weighted by atomic mass is 10.2. The molecule has 5 nitrogen and oxygen atoms in total. The van der Waals surface area contributed by atoms with Crippen molar-refractivity contribution in [1.82, 2.24) is 10.2 Å². The molecule has 0 aliphatic heterocycles. The van der Waals surface area contributed by atoms with E-state index in [1.807, 2.05) is 24.3 Å². The molecule has 0 aromatic heterocycles. The van der Waals surface area contributed by atoms with Gasteiger partial charge in [0.2, 0.25) is 0 Å². The maximum Gasteiger partial charge on any atom is 0.270 e. The number of aliphatic imine (C=N–C) groups is 1. The van der Waals surface area contributed by atoms with Crippen LogP contribution in [0.3, 0.4) is 0 Å². The van der Waals surface area contributed by atoms with Gasteiger partial charge in [0.05, 0.1) is 0 Å². The fourth-order valence-corrected chi connectivity index (χ4v) is 2.89. The zero-order valence-electron chi connectivity index (χ0n) is 16.1.